The number of thioether (sulfide) groups is 1. The van der Waals surface area contributed by atoms with E-state index in [9.17, 15) is 9.59 Å². The van der Waals surface area contributed by atoms with Gasteiger partial charge in [0.25, 0.3) is 5.56 Å². The molecule has 2 aromatic heterocycles. The Kier molecular flexibility index (Phi) is 5.76. The van der Waals surface area contributed by atoms with Gasteiger partial charge in [0.15, 0.2) is 10.9 Å². The van der Waals surface area contributed by atoms with Crippen LogP contribution in [0.5, 0.6) is 0 Å². The normalized spacial score (nSPS) is 11.3. The first-order valence-corrected chi connectivity index (χ1v) is 10.8. The molecule has 0 N–H and O–H groups in total. The van der Waals surface area contributed by atoms with Crippen molar-refractivity contribution in [2.45, 2.75) is 37.9 Å². The molecule has 0 unspecified atom stereocenters. The minimum atomic E-state index is -0.0477. The van der Waals surface area contributed by atoms with Gasteiger partial charge in [-0.2, -0.15) is 0 Å². The van der Waals surface area contributed by atoms with Crippen molar-refractivity contribution in [2.24, 2.45) is 0 Å². The molecular weight excluding hydrogens is 384 g/mol. The van der Waals surface area contributed by atoms with Crippen LogP contribution in [-0.4, -0.2) is 30.7 Å². The van der Waals surface area contributed by atoms with Crippen molar-refractivity contribution in [2.75, 3.05) is 5.75 Å². The first-order valence-electron chi connectivity index (χ1n) is 9.78. The first-order chi connectivity index (χ1) is 14.2. The molecule has 0 aliphatic heterocycles. The topological polar surface area (TPSA) is 69.3 Å². The van der Waals surface area contributed by atoms with Gasteiger partial charge in [0, 0.05) is 12.1 Å². The van der Waals surface area contributed by atoms with Gasteiger partial charge in [-0.3, -0.25) is 18.6 Å². The molecule has 2 heterocycles. The zero-order chi connectivity index (χ0) is 20.2. The summed E-state index contributed by atoms with van der Waals surface area (Å²) in [6.07, 6.45) is 3.03. The average molecular weight is 407 g/mol. The SMILES string of the molecule is CCCCCn1c(=O)c2ccccc2n2c(SCC(=O)c3ccccc3)nnc12. The van der Waals surface area contributed by atoms with Crippen LogP contribution in [0.2, 0.25) is 0 Å². The fourth-order valence-corrected chi connectivity index (χ4v) is 4.22. The number of aryl methyl sites for hydroxylation is 1. The maximum Gasteiger partial charge on any atom is 0.262 e. The number of hydrogen-bond donors (Lipinski definition) is 0. The van der Waals surface area contributed by atoms with Crippen molar-refractivity contribution in [1.82, 2.24) is 19.2 Å². The number of ketones is 1. The lowest BCUT2D eigenvalue weighted by molar-refractivity contribution is 0.102. The van der Waals surface area contributed by atoms with E-state index in [1.807, 2.05) is 59.0 Å². The van der Waals surface area contributed by atoms with E-state index >= 15 is 0 Å². The third kappa shape index (κ3) is 3.82. The Bertz CT molecular complexity index is 1210. The number of para-hydroxylation sites is 1. The minimum absolute atomic E-state index is 0.0351. The summed E-state index contributed by atoms with van der Waals surface area (Å²) in [4.78, 5) is 25.5. The van der Waals surface area contributed by atoms with E-state index in [-0.39, 0.29) is 17.1 Å². The molecule has 7 heteroatoms. The molecule has 0 spiro atoms. The second kappa shape index (κ2) is 8.61. The maximum absolute atomic E-state index is 13.0. The summed E-state index contributed by atoms with van der Waals surface area (Å²) in [6, 6.07) is 16.7. The van der Waals surface area contributed by atoms with Crippen LogP contribution >= 0.6 is 11.8 Å². The Morgan fingerprint density at radius 2 is 1.76 bits per heavy atom. The van der Waals surface area contributed by atoms with E-state index in [1.54, 1.807) is 4.57 Å². The molecule has 148 valence electrons. The van der Waals surface area contributed by atoms with Crippen molar-refractivity contribution < 1.29 is 4.79 Å². The summed E-state index contributed by atoms with van der Waals surface area (Å²) in [5, 5.41) is 9.86. The predicted octanol–water partition coefficient (Wildman–Crippen LogP) is 4.21. The molecule has 0 amide bonds. The van der Waals surface area contributed by atoms with Gasteiger partial charge in [0.05, 0.1) is 16.7 Å². The summed E-state index contributed by atoms with van der Waals surface area (Å²) in [6.45, 7) is 2.74. The Morgan fingerprint density at radius 1 is 1.00 bits per heavy atom. The van der Waals surface area contributed by atoms with Crippen molar-refractivity contribution in [3.05, 3.63) is 70.5 Å². The largest absolute Gasteiger partial charge is 0.293 e. The molecule has 29 heavy (non-hydrogen) atoms. The van der Waals surface area contributed by atoms with Gasteiger partial charge in [0.1, 0.15) is 0 Å². The van der Waals surface area contributed by atoms with Crippen molar-refractivity contribution >= 4 is 34.2 Å². The third-order valence-corrected chi connectivity index (χ3v) is 5.82. The van der Waals surface area contributed by atoms with Gasteiger partial charge < -0.3 is 0 Å². The van der Waals surface area contributed by atoms with Crippen LogP contribution in [0.15, 0.2) is 64.5 Å². The number of hydrogen-bond acceptors (Lipinski definition) is 5. The Hall–Kier alpha value is -2.93. The average Bonchev–Trinajstić information content (AvgIpc) is 3.19. The lowest BCUT2D eigenvalue weighted by atomic mass is 10.2. The van der Waals surface area contributed by atoms with Crippen molar-refractivity contribution in [3.8, 4) is 0 Å². The van der Waals surface area contributed by atoms with Gasteiger partial charge in [0.2, 0.25) is 5.78 Å². The van der Waals surface area contributed by atoms with Gasteiger partial charge >= 0.3 is 0 Å². The molecular formula is C22H22N4O2S. The van der Waals surface area contributed by atoms with E-state index in [1.165, 1.54) is 11.8 Å². The van der Waals surface area contributed by atoms with Gasteiger partial charge in [-0.05, 0) is 18.6 Å². The highest BCUT2D eigenvalue weighted by Gasteiger charge is 2.17. The highest BCUT2D eigenvalue weighted by atomic mass is 32.2. The highest BCUT2D eigenvalue weighted by Crippen LogP contribution is 2.22. The van der Waals surface area contributed by atoms with E-state index in [0.717, 1.165) is 24.8 Å². The number of rotatable bonds is 8. The van der Waals surface area contributed by atoms with Crippen LogP contribution in [0.3, 0.4) is 0 Å². The monoisotopic (exact) mass is 406 g/mol. The Morgan fingerprint density at radius 3 is 2.55 bits per heavy atom. The maximum atomic E-state index is 13.0. The van der Waals surface area contributed by atoms with E-state index in [4.69, 9.17) is 0 Å². The molecule has 0 fully saturated rings. The molecule has 0 atom stereocenters. The molecule has 4 aromatic rings. The van der Waals surface area contributed by atoms with Crippen molar-refractivity contribution in [1.29, 1.82) is 0 Å². The van der Waals surface area contributed by atoms with Gasteiger partial charge in [-0.15, -0.1) is 10.2 Å². The van der Waals surface area contributed by atoms with Crippen LogP contribution in [0.25, 0.3) is 16.7 Å². The molecule has 0 saturated heterocycles. The number of unbranched alkanes of at least 4 members (excludes halogenated alkanes) is 2. The fraction of sp³-hybridized carbons (Fsp3) is 0.273. The molecule has 0 aliphatic carbocycles. The van der Waals surface area contributed by atoms with Crippen LogP contribution in [0.4, 0.5) is 0 Å². The summed E-state index contributed by atoms with van der Waals surface area (Å²) < 4.78 is 3.60. The summed E-state index contributed by atoms with van der Waals surface area (Å²) >= 11 is 1.34. The van der Waals surface area contributed by atoms with Gasteiger partial charge in [-0.25, -0.2) is 0 Å². The lowest BCUT2D eigenvalue weighted by Crippen LogP contribution is -2.23. The quantitative estimate of drug-likeness (QED) is 0.249. The summed E-state index contributed by atoms with van der Waals surface area (Å²) in [5.41, 5.74) is 1.39. The molecule has 0 bridgehead atoms. The number of benzene rings is 2. The molecule has 6 nitrogen and oxygen atoms in total. The Labute approximate surface area is 172 Å². The zero-order valence-electron chi connectivity index (χ0n) is 16.2. The van der Waals surface area contributed by atoms with Gasteiger partial charge in [-0.1, -0.05) is 74.0 Å². The lowest BCUT2D eigenvalue weighted by Gasteiger charge is -2.11. The standard InChI is InChI=1S/C22H22N4O2S/c1-2-3-9-14-25-20(28)17-12-7-8-13-18(17)26-21(25)23-24-22(26)29-15-19(27)16-10-5-4-6-11-16/h4-8,10-13H,2-3,9,14-15H2,1H3. The van der Waals surface area contributed by atoms with E-state index in [0.29, 0.717) is 28.4 Å². The zero-order valence-corrected chi connectivity index (χ0v) is 17.1. The first kappa shape index (κ1) is 19.4. The van der Waals surface area contributed by atoms with Crippen LogP contribution in [0.1, 0.15) is 36.5 Å². The second-order valence-electron chi connectivity index (χ2n) is 6.88. The molecule has 0 aliphatic rings. The molecule has 4 rings (SSSR count). The number of carbonyl (C=O) groups is 1. The van der Waals surface area contributed by atoms with Crippen molar-refractivity contribution in [3.63, 3.8) is 0 Å². The fourth-order valence-electron chi connectivity index (χ4n) is 3.39. The number of nitrogens with zero attached hydrogens (tertiary/aromatic N) is 4. The van der Waals surface area contributed by atoms with Crippen LogP contribution < -0.4 is 5.56 Å². The number of fused-ring (bicyclic) bond motifs is 3. The number of aromatic nitrogens is 4. The van der Waals surface area contributed by atoms with Crippen LogP contribution in [-0.2, 0) is 6.54 Å². The number of Topliss-reactive ketones (excluding diaryl/α,β-unsaturated/α-hetero) is 1. The Balaban J connectivity index is 1.74. The predicted molar refractivity (Wildman–Crippen MR) is 116 cm³/mol. The molecule has 0 saturated carbocycles. The molecule has 0 radical (unpaired) electrons. The van der Waals surface area contributed by atoms with E-state index < -0.39 is 0 Å². The summed E-state index contributed by atoms with van der Waals surface area (Å²) in [7, 11) is 0. The smallest absolute Gasteiger partial charge is 0.262 e. The summed E-state index contributed by atoms with van der Waals surface area (Å²) in [5.74, 6) is 0.820. The third-order valence-electron chi connectivity index (χ3n) is 4.89. The highest BCUT2D eigenvalue weighted by molar-refractivity contribution is 7.99. The number of carbonyl (C=O) groups excluding carboxylic acids is 1. The van der Waals surface area contributed by atoms with Crippen LogP contribution in [0, 0.1) is 0 Å². The molecule has 2 aromatic carbocycles. The van der Waals surface area contributed by atoms with E-state index in [2.05, 4.69) is 17.1 Å². The minimum Gasteiger partial charge on any atom is -0.293 e. The second-order valence-corrected chi connectivity index (χ2v) is 7.82.